The van der Waals surface area contributed by atoms with Gasteiger partial charge in [0.15, 0.2) is 0 Å². The van der Waals surface area contributed by atoms with Gasteiger partial charge in [-0.3, -0.25) is 0 Å². The summed E-state index contributed by atoms with van der Waals surface area (Å²) in [5.74, 6) is -75.1. The van der Waals surface area contributed by atoms with Crippen LogP contribution in [0.4, 0.5) is 123 Å². The second kappa shape index (κ2) is 9.77. The van der Waals surface area contributed by atoms with Gasteiger partial charge in [0.05, 0.1) is 0 Å². The van der Waals surface area contributed by atoms with Crippen molar-refractivity contribution in [2.75, 3.05) is 0 Å². The summed E-state index contributed by atoms with van der Waals surface area (Å²) in [4.78, 5) is 0. The van der Waals surface area contributed by atoms with Gasteiger partial charge in [0.1, 0.15) is 0 Å². The minimum atomic E-state index is -9.79. The van der Waals surface area contributed by atoms with E-state index in [1.807, 2.05) is 0 Å². The van der Waals surface area contributed by atoms with Crippen LogP contribution in [0.1, 0.15) is 0 Å². The number of alkyl halides is 28. The smallest absolute Gasteiger partial charge is 0.226 e. The van der Waals surface area contributed by atoms with Gasteiger partial charge in [0.25, 0.3) is 24.2 Å². The summed E-state index contributed by atoms with van der Waals surface area (Å²) in [5, 5.41) is 0. The zero-order valence-electron chi connectivity index (χ0n) is 17.7. The van der Waals surface area contributed by atoms with Crippen LogP contribution >= 0.6 is 0 Å². The minimum absolute atomic E-state index is 7.58. The van der Waals surface area contributed by atoms with E-state index >= 15 is 0 Å². The first kappa shape index (κ1) is 40.0. The molecule has 0 saturated heterocycles. The van der Waals surface area contributed by atoms with Crippen LogP contribution in [0.25, 0.3) is 0 Å². The Hall–Kier alpha value is -1.96. The molecule has 0 fully saturated rings. The lowest BCUT2D eigenvalue weighted by molar-refractivity contribution is -0.470. The molecule has 0 amide bonds. The number of halogens is 28. The molecule has 0 aromatic carbocycles. The summed E-state index contributed by atoms with van der Waals surface area (Å²) < 4.78 is 368. The highest BCUT2D eigenvalue weighted by Crippen LogP contribution is 2.69. The fourth-order valence-electron chi connectivity index (χ4n) is 2.65. The summed E-state index contributed by atoms with van der Waals surface area (Å²) in [6, 6.07) is 0. The van der Waals surface area contributed by atoms with Crippen molar-refractivity contribution in [3.63, 3.8) is 0 Å². The van der Waals surface area contributed by atoms with Crippen molar-refractivity contribution in [1.82, 2.24) is 0 Å². The van der Waals surface area contributed by atoms with E-state index in [2.05, 4.69) is 0 Å². The van der Waals surface area contributed by atoms with Crippen LogP contribution in [-0.4, -0.2) is 83.9 Å². The van der Waals surface area contributed by atoms with Crippen LogP contribution < -0.4 is 0 Å². The quantitative estimate of drug-likeness (QED) is 0.189. The molecule has 2 unspecified atom stereocenters. The average molecular weight is 702 g/mol. The lowest BCUT2D eigenvalue weighted by Gasteiger charge is -2.50. The molecule has 0 aliphatic carbocycles. The van der Waals surface area contributed by atoms with E-state index in [1.54, 1.807) is 0 Å². The summed E-state index contributed by atoms with van der Waals surface area (Å²) >= 11 is 0. The fraction of sp³-hybridized carbons (Fsp3) is 1.00. The molecule has 0 nitrogen and oxygen atoms in total. The maximum absolute atomic E-state index is 14.5. The standard InChI is InChI=1S/C14H2F28/c15-1(16)3(19,5(21,22)7(25,26)9(29,30)11(33,34)13(37,38)39)4(20,2(17)18)6(23,24)8(27,28)10(31,32)12(35,36)14(40,41)42/h1-2H. The molecule has 0 aromatic rings. The van der Waals surface area contributed by atoms with Crippen LogP contribution in [-0.2, 0) is 0 Å². The lowest BCUT2D eigenvalue weighted by atomic mass is 9.70. The number of hydrogen-bond acceptors (Lipinski definition) is 0. The molecule has 0 spiro atoms. The molecule has 0 heterocycles. The van der Waals surface area contributed by atoms with Gasteiger partial charge in [0.2, 0.25) is 0 Å². The third-order valence-corrected chi connectivity index (χ3v) is 5.12. The molecule has 0 radical (unpaired) electrons. The second-order valence-corrected chi connectivity index (χ2v) is 7.62. The van der Waals surface area contributed by atoms with Crippen LogP contribution in [0.15, 0.2) is 0 Å². The Morgan fingerprint density at radius 1 is 0.214 bits per heavy atom. The predicted molar refractivity (Wildman–Crippen MR) is 71.4 cm³/mol. The molecular weight excluding hydrogens is 700 g/mol. The van der Waals surface area contributed by atoms with Crippen LogP contribution in [0, 0.1) is 0 Å². The second-order valence-electron chi connectivity index (χ2n) is 7.62. The highest BCUT2D eigenvalue weighted by molar-refractivity contribution is 5.27. The molecule has 0 aliphatic heterocycles. The lowest BCUT2D eigenvalue weighted by Crippen LogP contribution is -2.83. The van der Waals surface area contributed by atoms with Crippen molar-refractivity contribution in [2.45, 2.75) is 83.9 Å². The first-order valence-corrected chi connectivity index (χ1v) is 8.74. The first-order chi connectivity index (χ1) is 17.6. The molecule has 254 valence electrons. The Kier molecular flexibility index (Phi) is 9.31. The van der Waals surface area contributed by atoms with E-state index in [0.717, 1.165) is 0 Å². The highest BCUT2D eigenvalue weighted by atomic mass is 19.4. The number of hydrogen-bond donors (Lipinski definition) is 0. The Morgan fingerprint density at radius 2 is 0.357 bits per heavy atom. The van der Waals surface area contributed by atoms with Crippen molar-refractivity contribution in [1.29, 1.82) is 0 Å². The summed E-state index contributed by atoms with van der Waals surface area (Å²) in [6.07, 6.45) is -31.8. The third kappa shape index (κ3) is 4.39. The van der Waals surface area contributed by atoms with Crippen molar-refractivity contribution >= 4 is 0 Å². The minimum Gasteiger partial charge on any atom is -0.226 e. The molecule has 42 heavy (non-hydrogen) atoms. The van der Waals surface area contributed by atoms with Crippen molar-refractivity contribution in [3.05, 3.63) is 0 Å². The van der Waals surface area contributed by atoms with Gasteiger partial charge >= 0.3 is 59.7 Å². The summed E-state index contributed by atoms with van der Waals surface area (Å²) in [6.45, 7) is 0. The zero-order chi connectivity index (χ0) is 35.2. The zero-order valence-corrected chi connectivity index (χ0v) is 17.7. The van der Waals surface area contributed by atoms with Gasteiger partial charge in [-0.1, -0.05) is 0 Å². The van der Waals surface area contributed by atoms with E-state index in [0.29, 0.717) is 0 Å². The summed E-state index contributed by atoms with van der Waals surface area (Å²) in [5.41, 5.74) is -19.2. The third-order valence-electron chi connectivity index (χ3n) is 5.12. The Bertz CT molecular complexity index is 886. The summed E-state index contributed by atoms with van der Waals surface area (Å²) in [7, 11) is 0. The molecule has 0 rings (SSSR count). The monoisotopic (exact) mass is 702 g/mol. The van der Waals surface area contributed by atoms with Crippen molar-refractivity contribution < 1.29 is 123 Å². The van der Waals surface area contributed by atoms with Gasteiger partial charge in [-0.05, 0) is 0 Å². The molecule has 0 saturated carbocycles. The van der Waals surface area contributed by atoms with E-state index < -0.39 is 83.9 Å². The highest BCUT2D eigenvalue weighted by Gasteiger charge is 3.00. The van der Waals surface area contributed by atoms with Crippen LogP contribution in [0.5, 0.6) is 0 Å². The molecule has 0 bridgehead atoms. The maximum atomic E-state index is 14.5. The van der Waals surface area contributed by atoms with Crippen molar-refractivity contribution in [3.8, 4) is 0 Å². The average Bonchev–Trinajstić information content (AvgIpc) is 2.74. The van der Waals surface area contributed by atoms with E-state index in [4.69, 9.17) is 0 Å². The van der Waals surface area contributed by atoms with E-state index in [-0.39, 0.29) is 0 Å². The molecule has 0 N–H and O–H groups in total. The maximum Gasteiger partial charge on any atom is 0.460 e. The fourth-order valence-corrected chi connectivity index (χ4v) is 2.65. The Labute approximate surface area is 208 Å². The van der Waals surface area contributed by atoms with Crippen molar-refractivity contribution in [2.24, 2.45) is 0 Å². The van der Waals surface area contributed by atoms with Gasteiger partial charge < -0.3 is 0 Å². The predicted octanol–water partition coefficient (Wildman–Crippen LogP) is 9.14. The Morgan fingerprint density at radius 3 is 0.476 bits per heavy atom. The largest absolute Gasteiger partial charge is 0.460 e. The van der Waals surface area contributed by atoms with Gasteiger partial charge in [0, 0.05) is 0 Å². The van der Waals surface area contributed by atoms with E-state index in [9.17, 15) is 123 Å². The first-order valence-electron chi connectivity index (χ1n) is 8.74. The molecule has 0 aliphatic rings. The van der Waals surface area contributed by atoms with Gasteiger partial charge in [-0.2, -0.15) is 96.6 Å². The topological polar surface area (TPSA) is 0 Å². The van der Waals surface area contributed by atoms with E-state index in [1.165, 1.54) is 0 Å². The Balaban J connectivity index is 8.09. The molecular formula is C14H2F28. The van der Waals surface area contributed by atoms with Crippen LogP contribution in [0.2, 0.25) is 0 Å². The molecule has 28 heteroatoms. The molecule has 2 atom stereocenters. The molecule has 0 aromatic heterocycles. The SMILES string of the molecule is FC(F)C(F)(C(F)(F)C(F)(F)C(F)(F)C(F)(F)C(F)(F)F)C(F)(C(F)F)C(F)(F)C(F)(F)C(F)(F)C(F)(F)C(F)(F)F. The van der Waals surface area contributed by atoms with Gasteiger partial charge in [-0.25, -0.2) is 26.3 Å². The van der Waals surface area contributed by atoms with Gasteiger partial charge in [-0.15, -0.1) is 0 Å². The normalized spacial score (nSPS) is 19.3. The van der Waals surface area contributed by atoms with Crippen LogP contribution in [0.3, 0.4) is 0 Å². The number of rotatable bonds is 11.